The zero-order valence-corrected chi connectivity index (χ0v) is 13.0. The lowest BCUT2D eigenvalue weighted by atomic mass is 9.78. The highest BCUT2D eigenvalue weighted by Crippen LogP contribution is 2.29. The van der Waals surface area contributed by atoms with Crippen LogP contribution in [0.25, 0.3) is 5.69 Å². The van der Waals surface area contributed by atoms with E-state index in [-0.39, 0.29) is 0 Å². The Morgan fingerprint density at radius 3 is 2.81 bits per heavy atom. The number of hydrogen-bond donors (Lipinski definition) is 1. The zero-order valence-electron chi connectivity index (χ0n) is 13.0. The van der Waals surface area contributed by atoms with Gasteiger partial charge in [-0.25, -0.2) is 4.68 Å². The normalized spacial score (nSPS) is 25.9. The molecule has 0 bridgehead atoms. The van der Waals surface area contributed by atoms with Gasteiger partial charge >= 0.3 is 0 Å². The molecule has 3 rings (SSSR count). The van der Waals surface area contributed by atoms with Crippen molar-refractivity contribution in [3.8, 4) is 5.69 Å². The van der Waals surface area contributed by atoms with E-state index in [1.165, 1.54) is 24.8 Å². The molecule has 1 aliphatic carbocycles. The SMILES string of the molecule is CC1CCCC(NCc2cnn(-c3ccccc3)c2)C1C. The van der Waals surface area contributed by atoms with Crippen molar-refractivity contribution < 1.29 is 0 Å². The molecule has 1 aliphatic rings. The van der Waals surface area contributed by atoms with E-state index in [2.05, 4.69) is 42.6 Å². The molecule has 0 amide bonds. The fourth-order valence-electron chi connectivity index (χ4n) is 3.29. The Morgan fingerprint density at radius 1 is 1.19 bits per heavy atom. The maximum Gasteiger partial charge on any atom is 0.0645 e. The summed E-state index contributed by atoms with van der Waals surface area (Å²) in [5.74, 6) is 1.60. The Morgan fingerprint density at radius 2 is 2.00 bits per heavy atom. The fourth-order valence-corrected chi connectivity index (χ4v) is 3.29. The molecule has 1 aromatic carbocycles. The summed E-state index contributed by atoms with van der Waals surface area (Å²) in [5, 5.41) is 8.19. The van der Waals surface area contributed by atoms with Crippen molar-refractivity contribution in [1.29, 1.82) is 0 Å². The van der Waals surface area contributed by atoms with Crippen molar-refractivity contribution in [2.45, 2.75) is 45.7 Å². The third-order valence-electron chi connectivity index (χ3n) is 4.93. The van der Waals surface area contributed by atoms with E-state index in [1.807, 2.05) is 29.1 Å². The molecule has 0 aliphatic heterocycles. The lowest BCUT2D eigenvalue weighted by Crippen LogP contribution is -2.40. The number of hydrogen-bond acceptors (Lipinski definition) is 2. The van der Waals surface area contributed by atoms with E-state index in [9.17, 15) is 0 Å². The molecule has 2 aromatic rings. The van der Waals surface area contributed by atoms with E-state index < -0.39 is 0 Å². The van der Waals surface area contributed by atoms with Crippen LogP contribution in [0, 0.1) is 11.8 Å². The first kappa shape index (κ1) is 14.3. The van der Waals surface area contributed by atoms with E-state index >= 15 is 0 Å². The van der Waals surface area contributed by atoms with Crippen LogP contribution in [0.3, 0.4) is 0 Å². The summed E-state index contributed by atoms with van der Waals surface area (Å²) >= 11 is 0. The molecule has 0 radical (unpaired) electrons. The molecule has 1 heterocycles. The number of para-hydroxylation sites is 1. The Bertz CT molecular complexity index is 561. The molecule has 1 fully saturated rings. The van der Waals surface area contributed by atoms with Gasteiger partial charge in [0, 0.05) is 24.3 Å². The van der Waals surface area contributed by atoms with Crippen LogP contribution in [-0.4, -0.2) is 15.8 Å². The number of aromatic nitrogens is 2. The second kappa shape index (κ2) is 6.44. The van der Waals surface area contributed by atoms with Gasteiger partial charge in [0.2, 0.25) is 0 Å². The minimum atomic E-state index is 0.647. The Labute approximate surface area is 127 Å². The lowest BCUT2D eigenvalue weighted by molar-refractivity contribution is 0.206. The van der Waals surface area contributed by atoms with Crippen LogP contribution in [0.15, 0.2) is 42.7 Å². The van der Waals surface area contributed by atoms with Crippen LogP contribution in [0.1, 0.15) is 38.7 Å². The molecule has 1 N–H and O–H groups in total. The van der Waals surface area contributed by atoms with Crippen LogP contribution >= 0.6 is 0 Å². The fraction of sp³-hybridized carbons (Fsp3) is 0.500. The highest BCUT2D eigenvalue weighted by Gasteiger charge is 2.26. The predicted octanol–water partition coefficient (Wildman–Crippen LogP) is 3.79. The third-order valence-corrected chi connectivity index (χ3v) is 4.93. The highest BCUT2D eigenvalue weighted by molar-refractivity contribution is 5.30. The van der Waals surface area contributed by atoms with Gasteiger partial charge in [0.25, 0.3) is 0 Å². The minimum absolute atomic E-state index is 0.647. The summed E-state index contributed by atoms with van der Waals surface area (Å²) in [6.07, 6.45) is 8.13. The van der Waals surface area contributed by atoms with Crippen molar-refractivity contribution in [2.24, 2.45) is 11.8 Å². The average Bonchev–Trinajstić information content (AvgIpc) is 2.99. The summed E-state index contributed by atoms with van der Waals surface area (Å²) in [4.78, 5) is 0. The standard InChI is InChI=1S/C18H25N3/c1-14-7-6-10-18(15(14)2)19-11-16-12-20-21(13-16)17-8-4-3-5-9-17/h3-5,8-9,12-15,18-19H,6-7,10-11H2,1-2H3. The molecule has 1 aromatic heterocycles. The van der Waals surface area contributed by atoms with Gasteiger partial charge in [-0.05, 0) is 30.4 Å². The Kier molecular flexibility index (Phi) is 4.39. The molecule has 3 nitrogen and oxygen atoms in total. The first-order valence-corrected chi connectivity index (χ1v) is 8.06. The molecular weight excluding hydrogens is 258 g/mol. The van der Waals surface area contributed by atoms with Crippen LogP contribution in [-0.2, 0) is 6.54 Å². The zero-order chi connectivity index (χ0) is 14.7. The van der Waals surface area contributed by atoms with Crippen molar-refractivity contribution in [2.75, 3.05) is 0 Å². The van der Waals surface area contributed by atoms with Gasteiger partial charge in [-0.3, -0.25) is 0 Å². The largest absolute Gasteiger partial charge is 0.310 e. The number of nitrogens with one attached hydrogen (secondary N) is 1. The maximum absolute atomic E-state index is 4.46. The second-order valence-electron chi connectivity index (χ2n) is 6.38. The van der Waals surface area contributed by atoms with Crippen molar-refractivity contribution in [3.63, 3.8) is 0 Å². The van der Waals surface area contributed by atoms with Crippen LogP contribution in [0.2, 0.25) is 0 Å². The smallest absolute Gasteiger partial charge is 0.0645 e. The summed E-state index contributed by atoms with van der Waals surface area (Å²) < 4.78 is 1.95. The van der Waals surface area contributed by atoms with Crippen molar-refractivity contribution >= 4 is 0 Å². The van der Waals surface area contributed by atoms with Crippen LogP contribution in [0.5, 0.6) is 0 Å². The first-order chi connectivity index (χ1) is 10.2. The minimum Gasteiger partial charge on any atom is -0.310 e. The summed E-state index contributed by atoms with van der Waals surface area (Å²) in [6.45, 7) is 5.68. The second-order valence-corrected chi connectivity index (χ2v) is 6.38. The van der Waals surface area contributed by atoms with Gasteiger partial charge in [0.15, 0.2) is 0 Å². The van der Waals surface area contributed by atoms with E-state index in [0.29, 0.717) is 6.04 Å². The first-order valence-electron chi connectivity index (χ1n) is 8.06. The lowest BCUT2D eigenvalue weighted by Gasteiger charge is -2.34. The molecule has 0 spiro atoms. The van der Waals surface area contributed by atoms with E-state index in [1.54, 1.807) is 0 Å². The Hall–Kier alpha value is -1.61. The molecule has 3 unspecified atom stereocenters. The van der Waals surface area contributed by atoms with Gasteiger partial charge in [-0.2, -0.15) is 5.10 Å². The molecule has 3 atom stereocenters. The quantitative estimate of drug-likeness (QED) is 0.925. The average molecular weight is 283 g/mol. The number of rotatable bonds is 4. The maximum atomic E-state index is 4.46. The highest BCUT2D eigenvalue weighted by atomic mass is 15.3. The topological polar surface area (TPSA) is 29.9 Å². The summed E-state index contributed by atoms with van der Waals surface area (Å²) in [6, 6.07) is 10.9. The summed E-state index contributed by atoms with van der Waals surface area (Å²) in [7, 11) is 0. The van der Waals surface area contributed by atoms with Gasteiger partial charge in [-0.1, -0.05) is 44.9 Å². The summed E-state index contributed by atoms with van der Waals surface area (Å²) in [5.41, 5.74) is 2.37. The number of benzene rings is 1. The molecule has 0 saturated heterocycles. The van der Waals surface area contributed by atoms with E-state index in [0.717, 1.165) is 24.1 Å². The Balaban J connectivity index is 1.60. The van der Waals surface area contributed by atoms with Crippen LogP contribution in [0.4, 0.5) is 0 Å². The predicted molar refractivity (Wildman–Crippen MR) is 86.4 cm³/mol. The van der Waals surface area contributed by atoms with Gasteiger partial charge in [0.1, 0.15) is 0 Å². The monoisotopic (exact) mass is 283 g/mol. The molecule has 1 saturated carbocycles. The van der Waals surface area contributed by atoms with Crippen molar-refractivity contribution in [1.82, 2.24) is 15.1 Å². The van der Waals surface area contributed by atoms with Gasteiger partial charge < -0.3 is 5.32 Å². The molecule has 21 heavy (non-hydrogen) atoms. The molecule has 112 valence electrons. The third kappa shape index (κ3) is 3.35. The van der Waals surface area contributed by atoms with Crippen molar-refractivity contribution in [3.05, 3.63) is 48.3 Å². The van der Waals surface area contributed by atoms with E-state index in [4.69, 9.17) is 0 Å². The number of nitrogens with zero attached hydrogens (tertiary/aromatic N) is 2. The van der Waals surface area contributed by atoms with Crippen LogP contribution < -0.4 is 5.32 Å². The molecule has 3 heteroatoms. The molecular formula is C18H25N3. The van der Waals surface area contributed by atoms with Gasteiger partial charge in [0.05, 0.1) is 11.9 Å². The van der Waals surface area contributed by atoms with Gasteiger partial charge in [-0.15, -0.1) is 0 Å².